The van der Waals surface area contributed by atoms with Gasteiger partial charge in [0, 0.05) is 31.9 Å². The molecule has 0 bridgehead atoms. The predicted octanol–water partition coefficient (Wildman–Crippen LogP) is 1.66. The lowest BCUT2D eigenvalue weighted by atomic mass is 10.1. The van der Waals surface area contributed by atoms with Gasteiger partial charge in [-0.1, -0.05) is 0 Å². The number of hydrogen-bond acceptors (Lipinski definition) is 3. The van der Waals surface area contributed by atoms with Crippen molar-refractivity contribution in [2.75, 3.05) is 32.8 Å². The van der Waals surface area contributed by atoms with Crippen molar-refractivity contribution < 1.29 is 9.53 Å². The molecule has 0 spiro atoms. The molecule has 0 aliphatic carbocycles. The Labute approximate surface area is 126 Å². The van der Waals surface area contributed by atoms with Crippen LogP contribution in [0.1, 0.15) is 42.7 Å². The Hall–Kier alpha value is -1.33. The fourth-order valence-corrected chi connectivity index (χ4v) is 3.32. The van der Waals surface area contributed by atoms with Crippen molar-refractivity contribution in [3.63, 3.8) is 0 Å². The van der Waals surface area contributed by atoms with Crippen LogP contribution < -0.4 is 5.32 Å². The Bertz CT molecular complexity index is 480. The lowest BCUT2D eigenvalue weighted by molar-refractivity contribution is 0.0554. The molecule has 2 aliphatic heterocycles. The number of aromatic nitrogens is 1. The first-order valence-corrected chi connectivity index (χ1v) is 8.04. The number of rotatable bonds is 2. The minimum atomic E-state index is 0.124. The molecule has 0 aromatic carbocycles. The van der Waals surface area contributed by atoms with E-state index in [4.69, 9.17) is 4.74 Å². The first-order valence-electron chi connectivity index (χ1n) is 8.04. The van der Waals surface area contributed by atoms with Crippen LogP contribution in [0.4, 0.5) is 0 Å². The van der Waals surface area contributed by atoms with Crippen LogP contribution in [0.3, 0.4) is 0 Å². The van der Waals surface area contributed by atoms with Gasteiger partial charge in [0.1, 0.15) is 5.69 Å². The number of nitrogens with one attached hydrogen (secondary N) is 1. The van der Waals surface area contributed by atoms with Gasteiger partial charge >= 0.3 is 0 Å². The molecule has 1 unspecified atom stereocenters. The number of carbonyl (C=O) groups is 1. The van der Waals surface area contributed by atoms with Crippen molar-refractivity contribution >= 4 is 5.91 Å². The maximum Gasteiger partial charge on any atom is 0.270 e. The molecule has 2 fully saturated rings. The van der Waals surface area contributed by atoms with Crippen LogP contribution in [-0.2, 0) is 4.74 Å². The number of ether oxygens (including phenoxy) is 1. The number of nitrogens with zero attached hydrogens (tertiary/aromatic N) is 2. The van der Waals surface area contributed by atoms with Gasteiger partial charge in [-0.3, -0.25) is 4.79 Å². The molecule has 3 heterocycles. The normalized spacial score (nSPS) is 24.8. The number of hydrogen-bond donors (Lipinski definition) is 1. The van der Waals surface area contributed by atoms with Gasteiger partial charge in [-0.2, -0.15) is 0 Å². The summed E-state index contributed by atoms with van der Waals surface area (Å²) in [5.74, 6) is 0.149. The van der Waals surface area contributed by atoms with Gasteiger partial charge in [0.15, 0.2) is 0 Å². The molecule has 5 heteroatoms. The van der Waals surface area contributed by atoms with E-state index in [-0.39, 0.29) is 12.0 Å². The second-order valence-electron chi connectivity index (χ2n) is 6.07. The maximum atomic E-state index is 12.9. The molecule has 0 radical (unpaired) electrons. The molecular formula is C16H25N3O2. The molecule has 1 aromatic heterocycles. The topological polar surface area (TPSA) is 46.5 Å². The summed E-state index contributed by atoms with van der Waals surface area (Å²) in [4.78, 5) is 14.8. The van der Waals surface area contributed by atoms with E-state index in [0.29, 0.717) is 12.6 Å². The van der Waals surface area contributed by atoms with E-state index >= 15 is 0 Å². The second kappa shape index (κ2) is 6.62. The standard InChI is InChI=1S/C16H25N3O2/c1-13-12-18(9-3-11-21-13)16(20)15-4-2-10-19(15)14-5-7-17-8-6-14/h2,4,10,13-14,17H,3,5-9,11-12H2,1H3. The predicted molar refractivity (Wildman–Crippen MR) is 81.5 cm³/mol. The zero-order valence-electron chi connectivity index (χ0n) is 12.8. The fourth-order valence-electron chi connectivity index (χ4n) is 3.32. The molecule has 1 amide bonds. The molecule has 3 rings (SSSR count). The quantitative estimate of drug-likeness (QED) is 0.901. The van der Waals surface area contributed by atoms with Crippen LogP contribution in [0, 0.1) is 0 Å². The van der Waals surface area contributed by atoms with Crippen molar-refractivity contribution in [2.24, 2.45) is 0 Å². The Morgan fingerprint density at radius 3 is 3.00 bits per heavy atom. The summed E-state index contributed by atoms with van der Waals surface area (Å²) in [6, 6.07) is 4.40. The highest BCUT2D eigenvalue weighted by Crippen LogP contribution is 2.22. The van der Waals surface area contributed by atoms with Crippen molar-refractivity contribution in [2.45, 2.75) is 38.3 Å². The zero-order chi connectivity index (χ0) is 14.7. The van der Waals surface area contributed by atoms with Crippen LogP contribution in [0.5, 0.6) is 0 Å². The zero-order valence-corrected chi connectivity index (χ0v) is 12.8. The number of carbonyl (C=O) groups excluding carboxylic acids is 1. The Morgan fingerprint density at radius 1 is 1.38 bits per heavy atom. The molecule has 1 N–H and O–H groups in total. The molecule has 21 heavy (non-hydrogen) atoms. The minimum absolute atomic E-state index is 0.124. The van der Waals surface area contributed by atoms with E-state index in [2.05, 4.69) is 16.1 Å². The van der Waals surface area contributed by atoms with Crippen LogP contribution in [0.25, 0.3) is 0 Å². The molecule has 116 valence electrons. The van der Waals surface area contributed by atoms with Crippen molar-refractivity contribution in [3.05, 3.63) is 24.0 Å². The lowest BCUT2D eigenvalue weighted by Crippen LogP contribution is -2.38. The Kier molecular flexibility index (Phi) is 4.60. The summed E-state index contributed by atoms with van der Waals surface area (Å²) in [6.07, 6.45) is 5.28. The highest BCUT2D eigenvalue weighted by molar-refractivity contribution is 5.92. The monoisotopic (exact) mass is 291 g/mol. The first kappa shape index (κ1) is 14.6. The summed E-state index contributed by atoms with van der Waals surface area (Å²) in [6.45, 7) is 6.34. The molecule has 1 aromatic rings. The first-order chi connectivity index (χ1) is 10.3. The van der Waals surface area contributed by atoms with E-state index < -0.39 is 0 Å². The van der Waals surface area contributed by atoms with E-state index in [1.165, 1.54) is 0 Å². The summed E-state index contributed by atoms with van der Waals surface area (Å²) in [5, 5.41) is 3.38. The van der Waals surface area contributed by atoms with E-state index in [9.17, 15) is 4.79 Å². The van der Waals surface area contributed by atoms with Crippen molar-refractivity contribution in [1.29, 1.82) is 0 Å². The van der Waals surface area contributed by atoms with Gasteiger partial charge in [-0.25, -0.2) is 0 Å². The van der Waals surface area contributed by atoms with Crippen LogP contribution in [0.15, 0.2) is 18.3 Å². The van der Waals surface area contributed by atoms with Crippen molar-refractivity contribution in [3.8, 4) is 0 Å². The third-order valence-electron chi connectivity index (χ3n) is 4.44. The second-order valence-corrected chi connectivity index (χ2v) is 6.07. The van der Waals surface area contributed by atoms with Gasteiger partial charge in [0.25, 0.3) is 5.91 Å². The van der Waals surface area contributed by atoms with Gasteiger partial charge in [-0.15, -0.1) is 0 Å². The van der Waals surface area contributed by atoms with Crippen LogP contribution in [-0.4, -0.2) is 54.3 Å². The van der Waals surface area contributed by atoms with E-state index in [1.54, 1.807) is 0 Å². The fraction of sp³-hybridized carbons (Fsp3) is 0.688. The lowest BCUT2D eigenvalue weighted by Gasteiger charge is -2.28. The van der Waals surface area contributed by atoms with Gasteiger partial charge in [-0.05, 0) is 51.4 Å². The molecular weight excluding hydrogens is 266 g/mol. The van der Waals surface area contributed by atoms with Crippen LogP contribution >= 0.6 is 0 Å². The SMILES string of the molecule is CC1CN(C(=O)c2cccn2C2CCNCC2)CCCO1. The summed E-state index contributed by atoms with van der Waals surface area (Å²) < 4.78 is 7.82. The molecule has 1 atom stereocenters. The average Bonchev–Trinajstić information content (AvgIpc) is 2.90. The Morgan fingerprint density at radius 2 is 2.19 bits per heavy atom. The minimum Gasteiger partial charge on any atom is -0.377 e. The smallest absolute Gasteiger partial charge is 0.270 e. The summed E-state index contributed by atoms with van der Waals surface area (Å²) in [7, 11) is 0. The maximum absolute atomic E-state index is 12.9. The van der Waals surface area contributed by atoms with E-state index in [1.807, 2.05) is 24.0 Å². The van der Waals surface area contributed by atoms with E-state index in [0.717, 1.165) is 51.2 Å². The van der Waals surface area contributed by atoms with Crippen LogP contribution in [0.2, 0.25) is 0 Å². The average molecular weight is 291 g/mol. The molecule has 5 nitrogen and oxygen atoms in total. The third kappa shape index (κ3) is 3.30. The Balaban J connectivity index is 1.76. The third-order valence-corrected chi connectivity index (χ3v) is 4.44. The largest absolute Gasteiger partial charge is 0.377 e. The summed E-state index contributed by atoms with van der Waals surface area (Å²) in [5.41, 5.74) is 0.830. The molecule has 2 aliphatic rings. The molecule has 0 saturated carbocycles. The highest BCUT2D eigenvalue weighted by atomic mass is 16.5. The van der Waals surface area contributed by atoms with Gasteiger partial charge in [0.05, 0.1) is 6.10 Å². The molecule has 2 saturated heterocycles. The van der Waals surface area contributed by atoms with Crippen molar-refractivity contribution in [1.82, 2.24) is 14.8 Å². The number of piperidine rings is 1. The summed E-state index contributed by atoms with van der Waals surface area (Å²) >= 11 is 0. The van der Waals surface area contributed by atoms with Gasteiger partial charge in [0.2, 0.25) is 0 Å². The number of amides is 1. The van der Waals surface area contributed by atoms with Gasteiger partial charge < -0.3 is 19.5 Å². The highest BCUT2D eigenvalue weighted by Gasteiger charge is 2.25.